The third-order valence-electron chi connectivity index (χ3n) is 5.72. The van der Waals surface area contributed by atoms with E-state index in [9.17, 15) is 9.59 Å². The van der Waals surface area contributed by atoms with E-state index >= 15 is 0 Å². The van der Waals surface area contributed by atoms with Gasteiger partial charge in [-0.25, -0.2) is 4.68 Å². The minimum Gasteiger partial charge on any atom is -0.343 e. The quantitative estimate of drug-likeness (QED) is 0.649. The summed E-state index contributed by atoms with van der Waals surface area (Å²) in [6.45, 7) is 2.06. The van der Waals surface area contributed by atoms with Gasteiger partial charge in [0.1, 0.15) is 5.52 Å². The Kier molecular flexibility index (Phi) is 5.98. The number of aromatic nitrogens is 3. The van der Waals surface area contributed by atoms with Crippen LogP contribution < -0.4 is 5.56 Å². The van der Waals surface area contributed by atoms with Gasteiger partial charge >= 0.3 is 0 Å². The zero-order valence-corrected chi connectivity index (χ0v) is 16.5. The van der Waals surface area contributed by atoms with E-state index in [4.69, 9.17) is 0 Å². The summed E-state index contributed by atoms with van der Waals surface area (Å²) in [5, 5.41) is 8.65. The smallest absolute Gasteiger partial charge is 0.277 e. The minimum atomic E-state index is -0.148. The van der Waals surface area contributed by atoms with Crippen LogP contribution in [0.4, 0.5) is 0 Å². The molecule has 1 aliphatic rings. The standard InChI is InChI=1S/C23H26N4O2/c28-22(26-15-12-19(13-16-26)17-18-7-2-1-3-8-18)11-6-14-27-23(29)20-9-4-5-10-21(20)24-25-27/h1-5,7-10,19H,6,11-17H2. The van der Waals surface area contributed by atoms with Crippen LogP contribution in [-0.2, 0) is 17.8 Å². The maximum absolute atomic E-state index is 12.6. The number of nitrogens with zero attached hydrogens (tertiary/aromatic N) is 4. The van der Waals surface area contributed by atoms with Gasteiger partial charge in [-0.15, -0.1) is 5.10 Å². The van der Waals surface area contributed by atoms with Gasteiger partial charge in [0, 0.05) is 26.1 Å². The summed E-state index contributed by atoms with van der Waals surface area (Å²) in [7, 11) is 0. The molecule has 150 valence electrons. The molecule has 4 rings (SSSR count). The lowest BCUT2D eigenvalue weighted by Gasteiger charge is -2.32. The van der Waals surface area contributed by atoms with Crippen LogP contribution in [0.15, 0.2) is 59.4 Å². The minimum absolute atomic E-state index is 0.148. The van der Waals surface area contributed by atoms with E-state index in [0.29, 0.717) is 36.2 Å². The van der Waals surface area contributed by atoms with Gasteiger partial charge in [0.15, 0.2) is 0 Å². The molecule has 0 unspecified atom stereocenters. The van der Waals surface area contributed by atoms with E-state index in [2.05, 4.69) is 34.6 Å². The number of likely N-dealkylation sites (tertiary alicyclic amines) is 1. The van der Waals surface area contributed by atoms with Gasteiger partial charge in [-0.05, 0) is 49.3 Å². The fourth-order valence-electron chi connectivity index (χ4n) is 4.04. The number of amides is 1. The average molecular weight is 390 g/mol. The Morgan fingerprint density at radius 2 is 1.72 bits per heavy atom. The van der Waals surface area contributed by atoms with Crippen molar-refractivity contribution in [1.82, 2.24) is 19.9 Å². The molecule has 0 aliphatic carbocycles. The first kappa shape index (κ1) is 19.3. The second kappa shape index (κ2) is 8.99. The van der Waals surface area contributed by atoms with Crippen LogP contribution >= 0.6 is 0 Å². The second-order valence-electron chi connectivity index (χ2n) is 7.75. The number of carbonyl (C=O) groups is 1. The predicted octanol–water partition coefficient (Wildman–Crippen LogP) is 3.05. The SMILES string of the molecule is O=C(CCCn1nnc2ccccc2c1=O)N1CCC(Cc2ccccc2)CC1. The van der Waals surface area contributed by atoms with E-state index in [1.54, 1.807) is 12.1 Å². The number of aryl methyl sites for hydroxylation is 1. The second-order valence-corrected chi connectivity index (χ2v) is 7.75. The van der Waals surface area contributed by atoms with Crippen molar-refractivity contribution in [3.63, 3.8) is 0 Å². The molecule has 1 aliphatic heterocycles. The number of benzene rings is 2. The molecule has 1 fully saturated rings. The molecule has 3 aromatic rings. The molecule has 0 atom stereocenters. The molecule has 2 aromatic carbocycles. The monoisotopic (exact) mass is 390 g/mol. The van der Waals surface area contributed by atoms with Crippen molar-refractivity contribution in [1.29, 1.82) is 0 Å². The number of carbonyl (C=O) groups excluding carboxylic acids is 1. The first-order valence-electron chi connectivity index (χ1n) is 10.3. The van der Waals surface area contributed by atoms with Crippen molar-refractivity contribution in [2.45, 2.75) is 38.6 Å². The highest BCUT2D eigenvalue weighted by molar-refractivity contribution is 5.77. The zero-order valence-electron chi connectivity index (χ0n) is 16.5. The predicted molar refractivity (Wildman–Crippen MR) is 112 cm³/mol. The Morgan fingerprint density at radius 1 is 1.00 bits per heavy atom. The number of hydrogen-bond acceptors (Lipinski definition) is 4. The molecule has 1 amide bonds. The number of fused-ring (bicyclic) bond motifs is 1. The van der Waals surface area contributed by atoms with Gasteiger partial charge in [-0.1, -0.05) is 47.7 Å². The largest absolute Gasteiger partial charge is 0.343 e. The van der Waals surface area contributed by atoms with Crippen molar-refractivity contribution in [2.24, 2.45) is 5.92 Å². The number of piperidine rings is 1. The van der Waals surface area contributed by atoms with Crippen LogP contribution in [0.5, 0.6) is 0 Å². The maximum atomic E-state index is 12.6. The number of hydrogen-bond donors (Lipinski definition) is 0. The van der Waals surface area contributed by atoms with Gasteiger partial charge < -0.3 is 4.90 Å². The lowest BCUT2D eigenvalue weighted by atomic mass is 9.90. The van der Waals surface area contributed by atoms with Crippen LogP contribution in [-0.4, -0.2) is 38.9 Å². The average Bonchev–Trinajstić information content (AvgIpc) is 2.77. The van der Waals surface area contributed by atoms with Gasteiger partial charge in [0.25, 0.3) is 5.56 Å². The molecule has 1 saturated heterocycles. The Labute approximate surface area is 170 Å². The maximum Gasteiger partial charge on any atom is 0.277 e. The Balaban J connectivity index is 1.25. The Hall–Kier alpha value is -3.02. The summed E-state index contributed by atoms with van der Waals surface area (Å²) in [5.74, 6) is 0.817. The molecule has 2 heterocycles. The van der Waals surface area contributed by atoms with Gasteiger partial charge in [0.2, 0.25) is 5.91 Å². The normalized spacial score (nSPS) is 15.0. The first-order chi connectivity index (χ1) is 14.2. The van der Waals surface area contributed by atoms with E-state index in [1.807, 2.05) is 23.1 Å². The van der Waals surface area contributed by atoms with E-state index in [1.165, 1.54) is 10.2 Å². The first-order valence-corrected chi connectivity index (χ1v) is 10.3. The van der Waals surface area contributed by atoms with Crippen molar-refractivity contribution in [2.75, 3.05) is 13.1 Å². The molecule has 0 N–H and O–H groups in total. The van der Waals surface area contributed by atoms with Gasteiger partial charge in [0.05, 0.1) is 5.39 Å². The van der Waals surface area contributed by atoms with E-state index in [-0.39, 0.29) is 11.5 Å². The van der Waals surface area contributed by atoms with Crippen molar-refractivity contribution < 1.29 is 4.79 Å². The fourth-order valence-corrected chi connectivity index (χ4v) is 4.04. The summed E-state index contributed by atoms with van der Waals surface area (Å²) >= 11 is 0. The molecule has 0 spiro atoms. The lowest BCUT2D eigenvalue weighted by Crippen LogP contribution is -2.39. The highest BCUT2D eigenvalue weighted by Gasteiger charge is 2.22. The molecule has 0 saturated carbocycles. The van der Waals surface area contributed by atoms with Gasteiger partial charge in [-0.2, -0.15) is 0 Å². The molecular weight excluding hydrogens is 364 g/mol. The Bertz CT molecular complexity index is 1020. The summed E-state index contributed by atoms with van der Waals surface area (Å²) in [6, 6.07) is 17.8. The topological polar surface area (TPSA) is 68.1 Å². The van der Waals surface area contributed by atoms with Crippen LogP contribution in [0.3, 0.4) is 0 Å². The number of rotatable bonds is 6. The highest BCUT2D eigenvalue weighted by Crippen LogP contribution is 2.22. The van der Waals surface area contributed by atoms with Crippen LogP contribution in [0.2, 0.25) is 0 Å². The van der Waals surface area contributed by atoms with Crippen molar-refractivity contribution in [3.8, 4) is 0 Å². The van der Waals surface area contributed by atoms with Crippen molar-refractivity contribution >= 4 is 16.8 Å². The highest BCUT2D eigenvalue weighted by atomic mass is 16.2. The summed E-state index contributed by atoms with van der Waals surface area (Å²) in [6.07, 6.45) is 4.22. The summed E-state index contributed by atoms with van der Waals surface area (Å²) in [5.41, 5.74) is 1.83. The zero-order chi connectivity index (χ0) is 20.1. The fraction of sp³-hybridized carbons (Fsp3) is 0.391. The molecule has 29 heavy (non-hydrogen) atoms. The summed E-state index contributed by atoms with van der Waals surface area (Å²) < 4.78 is 1.36. The molecule has 0 bridgehead atoms. The van der Waals surface area contributed by atoms with Crippen LogP contribution in [0, 0.1) is 5.92 Å². The Morgan fingerprint density at radius 3 is 2.52 bits per heavy atom. The molecule has 0 radical (unpaired) electrons. The molecular formula is C23H26N4O2. The van der Waals surface area contributed by atoms with E-state index < -0.39 is 0 Å². The summed E-state index contributed by atoms with van der Waals surface area (Å²) in [4.78, 5) is 27.0. The van der Waals surface area contributed by atoms with Crippen LogP contribution in [0.1, 0.15) is 31.2 Å². The molecule has 6 heteroatoms. The third kappa shape index (κ3) is 4.70. The molecule has 1 aromatic heterocycles. The van der Waals surface area contributed by atoms with E-state index in [0.717, 1.165) is 32.4 Å². The third-order valence-corrected chi connectivity index (χ3v) is 5.72. The lowest BCUT2D eigenvalue weighted by molar-refractivity contribution is -0.132. The van der Waals surface area contributed by atoms with Crippen LogP contribution in [0.25, 0.3) is 10.9 Å². The van der Waals surface area contributed by atoms with Gasteiger partial charge in [-0.3, -0.25) is 9.59 Å². The molecule has 6 nitrogen and oxygen atoms in total. The van der Waals surface area contributed by atoms with Crippen molar-refractivity contribution in [3.05, 3.63) is 70.5 Å².